The van der Waals surface area contributed by atoms with Crippen molar-refractivity contribution in [2.75, 3.05) is 39.8 Å². The Kier molecular flexibility index (Phi) is 7.39. The first kappa shape index (κ1) is 27.3. The lowest BCUT2D eigenvalue weighted by molar-refractivity contribution is -0.139. The first-order chi connectivity index (χ1) is 19.2. The molecule has 1 aromatic heterocycles. The lowest BCUT2D eigenvalue weighted by Gasteiger charge is -2.37. The molecule has 1 aliphatic carbocycles. The lowest BCUT2D eigenvalue weighted by Crippen LogP contribution is -2.45. The van der Waals surface area contributed by atoms with E-state index in [0.717, 1.165) is 63.4 Å². The molecule has 1 unspecified atom stereocenters. The van der Waals surface area contributed by atoms with Gasteiger partial charge in [-0.1, -0.05) is 18.2 Å². The van der Waals surface area contributed by atoms with Gasteiger partial charge in [0.05, 0.1) is 35.1 Å². The molecule has 4 heterocycles. The van der Waals surface area contributed by atoms with Crippen molar-refractivity contribution in [1.82, 2.24) is 24.5 Å². The molecule has 3 saturated heterocycles. The molecule has 4 fully saturated rings. The summed E-state index contributed by atoms with van der Waals surface area (Å²) in [5.41, 5.74) is 0.964. The van der Waals surface area contributed by atoms with Gasteiger partial charge >= 0.3 is 6.18 Å². The van der Waals surface area contributed by atoms with Gasteiger partial charge in [0.15, 0.2) is 0 Å². The fraction of sp³-hybridized carbons (Fsp3) is 0.633. The zero-order valence-electron chi connectivity index (χ0n) is 23.1. The van der Waals surface area contributed by atoms with E-state index < -0.39 is 17.8 Å². The topological polar surface area (TPSA) is 61.7 Å². The van der Waals surface area contributed by atoms with E-state index in [4.69, 9.17) is 5.10 Å². The summed E-state index contributed by atoms with van der Waals surface area (Å²) in [6.07, 6.45) is 3.72. The Labute approximate surface area is 233 Å². The summed E-state index contributed by atoms with van der Waals surface area (Å²) in [5.74, 6) is 0.412. The number of amides is 2. The minimum absolute atomic E-state index is 0.110. The van der Waals surface area contributed by atoms with Gasteiger partial charge in [0.25, 0.3) is 5.91 Å². The predicted molar refractivity (Wildman–Crippen MR) is 144 cm³/mol. The number of halogens is 3. The third-order valence-electron chi connectivity index (χ3n) is 9.36. The van der Waals surface area contributed by atoms with Crippen molar-refractivity contribution in [3.8, 4) is 0 Å². The summed E-state index contributed by atoms with van der Waals surface area (Å²) in [5, 5.41) is 4.70. The summed E-state index contributed by atoms with van der Waals surface area (Å²) < 4.78 is 43.4. The number of alkyl halides is 3. The molecule has 1 atom stereocenters. The number of aromatic nitrogens is 2. The highest BCUT2D eigenvalue weighted by molar-refractivity contribution is 5.96. The molecular formula is C30H38F3N5O2. The van der Waals surface area contributed by atoms with Crippen molar-refractivity contribution in [1.29, 1.82) is 0 Å². The van der Waals surface area contributed by atoms with Crippen molar-refractivity contribution >= 4 is 11.8 Å². The molecule has 10 heteroatoms. The van der Waals surface area contributed by atoms with E-state index in [1.54, 1.807) is 17.2 Å². The lowest BCUT2D eigenvalue weighted by atomic mass is 9.94. The molecule has 6 rings (SSSR count). The zero-order valence-corrected chi connectivity index (χ0v) is 23.1. The second-order valence-electron chi connectivity index (χ2n) is 12.0. The molecule has 216 valence electrons. The van der Waals surface area contributed by atoms with Gasteiger partial charge in [0, 0.05) is 31.5 Å². The van der Waals surface area contributed by atoms with Gasteiger partial charge in [-0.15, -0.1) is 0 Å². The first-order valence-electron chi connectivity index (χ1n) is 14.7. The minimum atomic E-state index is -4.47. The number of hydrogen-bond acceptors (Lipinski definition) is 4. The van der Waals surface area contributed by atoms with Gasteiger partial charge in [-0.05, 0) is 83.1 Å². The van der Waals surface area contributed by atoms with Gasteiger partial charge in [-0.2, -0.15) is 18.3 Å². The number of likely N-dealkylation sites (tertiary alicyclic amines) is 3. The van der Waals surface area contributed by atoms with Crippen LogP contribution >= 0.6 is 0 Å². The first-order valence-corrected chi connectivity index (χ1v) is 14.7. The van der Waals surface area contributed by atoms with E-state index in [1.165, 1.54) is 12.1 Å². The van der Waals surface area contributed by atoms with Crippen LogP contribution in [0.5, 0.6) is 0 Å². The second kappa shape index (κ2) is 10.8. The van der Waals surface area contributed by atoms with Gasteiger partial charge in [-0.3, -0.25) is 14.3 Å². The fourth-order valence-electron chi connectivity index (χ4n) is 6.97. The van der Waals surface area contributed by atoms with Crippen LogP contribution in [0, 0.1) is 5.92 Å². The third kappa shape index (κ3) is 5.27. The Balaban J connectivity index is 1.18. The highest BCUT2D eigenvalue weighted by Crippen LogP contribution is 2.45. The van der Waals surface area contributed by atoms with Crippen LogP contribution < -0.4 is 0 Å². The van der Waals surface area contributed by atoms with Crippen molar-refractivity contribution in [2.24, 2.45) is 5.92 Å². The average molecular weight is 558 g/mol. The fourth-order valence-corrected chi connectivity index (χ4v) is 6.97. The van der Waals surface area contributed by atoms with Crippen molar-refractivity contribution in [3.63, 3.8) is 0 Å². The van der Waals surface area contributed by atoms with Crippen molar-refractivity contribution in [2.45, 2.75) is 75.5 Å². The molecule has 0 spiro atoms. The monoisotopic (exact) mass is 557 g/mol. The maximum absolute atomic E-state index is 13.9. The maximum Gasteiger partial charge on any atom is 0.416 e. The van der Waals surface area contributed by atoms with Crippen LogP contribution in [-0.2, 0) is 11.0 Å². The molecule has 0 radical (unpaired) electrons. The molecule has 40 heavy (non-hydrogen) atoms. The standard InChI is InChI=1S/C30H38F3N5O2/c1-35-15-10-21(11-16-35)28(39)36-17-12-22(13-18-36)38-27(20-8-9-20)24(19-34-38)29(40)37-14-4-7-26(37)23-5-2-3-6-25(23)30(31,32)33/h2-3,5-6,19-22,26H,4,7-18H2,1H3. The number of hydrogen-bond donors (Lipinski definition) is 0. The highest BCUT2D eigenvalue weighted by atomic mass is 19.4. The second-order valence-corrected chi connectivity index (χ2v) is 12.0. The number of carbonyl (C=O) groups is 2. The van der Waals surface area contributed by atoms with Crippen LogP contribution in [0.25, 0.3) is 0 Å². The molecule has 2 amide bonds. The molecule has 2 aromatic rings. The van der Waals surface area contributed by atoms with Crippen LogP contribution in [0.4, 0.5) is 13.2 Å². The molecule has 0 N–H and O–H groups in total. The number of nitrogens with zero attached hydrogens (tertiary/aromatic N) is 5. The molecule has 1 aromatic carbocycles. The van der Waals surface area contributed by atoms with Crippen LogP contribution in [0.3, 0.4) is 0 Å². The number of rotatable bonds is 5. The van der Waals surface area contributed by atoms with Crippen LogP contribution in [0.1, 0.15) is 96.5 Å². The molecule has 0 bridgehead atoms. The van der Waals surface area contributed by atoms with Crippen LogP contribution in [0.2, 0.25) is 0 Å². The van der Waals surface area contributed by atoms with Crippen LogP contribution in [0.15, 0.2) is 30.5 Å². The van der Waals surface area contributed by atoms with E-state index in [2.05, 4.69) is 11.9 Å². The number of benzene rings is 1. The smallest absolute Gasteiger partial charge is 0.342 e. The number of carbonyl (C=O) groups excluding carboxylic acids is 2. The summed E-state index contributed by atoms with van der Waals surface area (Å²) in [4.78, 5) is 32.9. The largest absolute Gasteiger partial charge is 0.416 e. The quantitative estimate of drug-likeness (QED) is 0.503. The Morgan fingerprint density at radius 2 is 1.60 bits per heavy atom. The normalized spacial score (nSPS) is 23.6. The summed E-state index contributed by atoms with van der Waals surface area (Å²) in [6, 6.07) is 5.13. The Morgan fingerprint density at radius 1 is 0.900 bits per heavy atom. The van der Waals surface area contributed by atoms with Gasteiger partial charge in [-0.25, -0.2) is 0 Å². The van der Waals surface area contributed by atoms with E-state index in [9.17, 15) is 22.8 Å². The summed E-state index contributed by atoms with van der Waals surface area (Å²) >= 11 is 0. The summed E-state index contributed by atoms with van der Waals surface area (Å²) in [7, 11) is 2.10. The molecule has 3 aliphatic heterocycles. The minimum Gasteiger partial charge on any atom is -0.342 e. The van der Waals surface area contributed by atoms with Gasteiger partial charge < -0.3 is 14.7 Å². The number of piperidine rings is 2. The van der Waals surface area contributed by atoms with E-state index in [-0.39, 0.29) is 35.3 Å². The molecule has 4 aliphatic rings. The Bertz CT molecular complexity index is 1240. The van der Waals surface area contributed by atoms with Crippen molar-refractivity contribution in [3.05, 3.63) is 52.8 Å². The molecule has 7 nitrogen and oxygen atoms in total. The SMILES string of the molecule is CN1CCC(C(=O)N2CCC(n3ncc(C(=O)N4CCCC4c4ccccc4C(F)(F)F)c3C3CC3)CC2)CC1. The Hall–Kier alpha value is -2.88. The van der Waals surface area contributed by atoms with E-state index >= 15 is 0 Å². The van der Waals surface area contributed by atoms with Crippen molar-refractivity contribution < 1.29 is 22.8 Å². The van der Waals surface area contributed by atoms with E-state index in [0.29, 0.717) is 38.0 Å². The molecular weight excluding hydrogens is 519 g/mol. The van der Waals surface area contributed by atoms with Gasteiger partial charge in [0.2, 0.25) is 5.91 Å². The van der Waals surface area contributed by atoms with E-state index in [1.807, 2.05) is 9.58 Å². The predicted octanol–water partition coefficient (Wildman–Crippen LogP) is 5.26. The highest BCUT2D eigenvalue weighted by Gasteiger charge is 2.42. The van der Waals surface area contributed by atoms with Crippen LogP contribution in [-0.4, -0.2) is 76.1 Å². The molecule has 1 saturated carbocycles. The zero-order chi connectivity index (χ0) is 28.0. The maximum atomic E-state index is 13.9. The average Bonchev–Trinajstić information content (AvgIpc) is 3.50. The van der Waals surface area contributed by atoms with Gasteiger partial charge in [0.1, 0.15) is 0 Å². The Morgan fingerprint density at radius 3 is 2.27 bits per heavy atom. The third-order valence-corrected chi connectivity index (χ3v) is 9.36. The summed E-state index contributed by atoms with van der Waals surface area (Å²) in [6.45, 7) is 3.72.